The molecule has 0 spiro atoms. The first-order valence-corrected chi connectivity index (χ1v) is 48.4. The van der Waals surface area contributed by atoms with Gasteiger partial charge in [-0.05, 0) is 43.4 Å². The molecule has 0 aromatic rings. The Labute approximate surface area is 658 Å². The molecule has 0 aliphatic rings. The zero-order valence-corrected chi connectivity index (χ0v) is 72.4. The van der Waals surface area contributed by atoms with Gasteiger partial charge < -0.3 is 33.8 Å². The molecule has 0 saturated carbocycles. The van der Waals surface area contributed by atoms with Crippen LogP contribution in [-0.2, 0) is 65.4 Å². The normalized spacial score (nSPS) is 14.1. The molecule has 3 unspecified atom stereocenters. The quantitative estimate of drug-likeness (QED) is 0.0222. The van der Waals surface area contributed by atoms with Gasteiger partial charge in [-0.3, -0.25) is 37.3 Å². The van der Waals surface area contributed by atoms with E-state index in [1.165, 1.54) is 270 Å². The predicted octanol–water partition coefficient (Wildman–Crippen LogP) is 26.9. The first kappa shape index (κ1) is 105. The lowest BCUT2D eigenvalue weighted by molar-refractivity contribution is -0.161. The molecule has 3 N–H and O–H groups in total. The third-order valence-corrected chi connectivity index (χ3v) is 22.9. The number of hydrogen-bond donors (Lipinski definition) is 3. The lowest BCUT2D eigenvalue weighted by atomic mass is 10.00. The summed E-state index contributed by atoms with van der Waals surface area (Å²) in [6.45, 7) is 12.0. The van der Waals surface area contributed by atoms with Crippen molar-refractivity contribution in [2.45, 2.75) is 484 Å². The van der Waals surface area contributed by atoms with E-state index < -0.39 is 97.5 Å². The smallest absolute Gasteiger partial charge is 0.462 e. The van der Waals surface area contributed by atoms with Crippen LogP contribution in [-0.4, -0.2) is 96.7 Å². The van der Waals surface area contributed by atoms with Crippen LogP contribution in [0, 0.1) is 17.8 Å². The minimum Gasteiger partial charge on any atom is -0.462 e. The van der Waals surface area contributed by atoms with Crippen LogP contribution in [0.1, 0.15) is 466 Å². The number of rotatable bonds is 86. The van der Waals surface area contributed by atoms with Crippen LogP contribution in [0.2, 0.25) is 0 Å². The molecule has 0 rings (SSSR count). The average molecular weight is 1560 g/mol. The second kappa shape index (κ2) is 78.0. The molecule has 0 amide bonds. The molecule has 0 fully saturated rings. The molecule has 0 bridgehead atoms. The Morgan fingerprint density at radius 2 is 0.477 bits per heavy atom. The number of carbonyl (C=O) groups excluding carboxylic acids is 4. The van der Waals surface area contributed by atoms with Crippen molar-refractivity contribution in [3.05, 3.63) is 0 Å². The molecule has 0 heterocycles. The van der Waals surface area contributed by atoms with E-state index in [4.69, 9.17) is 37.0 Å². The van der Waals surface area contributed by atoms with Crippen molar-refractivity contribution in [1.82, 2.24) is 0 Å². The van der Waals surface area contributed by atoms with E-state index in [2.05, 4.69) is 48.5 Å². The Balaban J connectivity index is 5.21. The Bertz CT molecular complexity index is 2060. The second-order valence-corrected chi connectivity index (χ2v) is 35.7. The lowest BCUT2D eigenvalue weighted by Gasteiger charge is -2.21. The minimum atomic E-state index is -4.97. The van der Waals surface area contributed by atoms with Gasteiger partial charge in [-0.25, -0.2) is 9.13 Å². The summed E-state index contributed by atoms with van der Waals surface area (Å²) in [4.78, 5) is 73.2. The highest BCUT2D eigenvalue weighted by molar-refractivity contribution is 7.47. The van der Waals surface area contributed by atoms with E-state index in [9.17, 15) is 43.2 Å². The Morgan fingerprint density at radius 1 is 0.271 bits per heavy atom. The third-order valence-electron chi connectivity index (χ3n) is 21.0. The molecule has 19 heteroatoms. The largest absolute Gasteiger partial charge is 0.472 e. The van der Waals surface area contributed by atoms with Gasteiger partial charge in [0.2, 0.25) is 0 Å². The molecule has 636 valence electrons. The summed E-state index contributed by atoms with van der Waals surface area (Å²) in [7, 11) is -9.93. The molecule has 0 aliphatic carbocycles. The number of ether oxygens (including phenoxy) is 4. The fourth-order valence-corrected chi connectivity index (χ4v) is 15.3. The summed E-state index contributed by atoms with van der Waals surface area (Å²) in [6.07, 6.45) is 69.7. The summed E-state index contributed by atoms with van der Waals surface area (Å²) in [6, 6.07) is 0. The van der Waals surface area contributed by atoms with Gasteiger partial charge in [0, 0.05) is 25.7 Å². The van der Waals surface area contributed by atoms with Crippen molar-refractivity contribution in [2.75, 3.05) is 39.6 Å². The van der Waals surface area contributed by atoms with Gasteiger partial charge in [-0.1, -0.05) is 414 Å². The molecule has 17 nitrogen and oxygen atoms in total. The summed E-state index contributed by atoms with van der Waals surface area (Å²) in [5, 5.41) is 10.7. The number of hydrogen-bond acceptors (Lipinski definition) is 15. The number of aliphatic hydroxyl groups excluding tert-OH is 1. The van der Waals surface area contributed by atoms with Crippen LogP contribution in [0.5, 0.6) is 0 Å². The maximum Gasteiger partial charge on any atom is 0.472 e. The Hall–Kier alpha value is -1.94. The fourth-order valence-electron chi connectivity index (χ4n) is 13.7. The van der Waals surface area contributed by atoms with Gasteiger partial charge in [-0.2, -0.15) is 0 Å². The van der Waals surface area contributed by atoms with E-state index >= 15 is 0 Å². The summed E-state index contributed by atoms with van der Waals surface area (Å²) in [5.74, 6) is 0.213. The molecule has 0 radical (unpaired) electrons. The van der Waals surface area contributed by atoms with Crippen molar-refractivity contribution >= 4 is 39.5 Å². The first-order valence-electron chi connectivity index (χ1n) is 45.4. The summed E-state index contributed by atoms with van der Waals surface area (Å²) < 4.78 is 68.9. The van der Waals surface area contributed by atoms with Crippen molar-refractivity contribution in [2.24, 2.45) is 17.8 Å². The molecule has 107 heavy (non-hydrogen) atoms. The fraction of sp³-hybridized carbons (Fsp3) is 0.955. The van der Waals surface area contributed by atoms with Crippen LogP contribution < -0.4 is 0 Å². The third kappa shape index (κ3) is 80.5. The van der Waals surface area contributed by atoms with Crippen LogP contribution in [0.3, 0.4) is 0 Å². The number of esters is 4. The molecule has 0 aliphatic heterocycles. The van der Waals surface area contributed by atoms with Gasteiger partial charge in [-0.15, -0.1) is 0 Å². The van der Waals surface area contributed by atoms with Gasteiger partial charge in [0.05, 0.1) is 26.4 Å². The maximum absolute atomic E-state index is 13.2. The van der Waals surface area contributed by atoms with E-state index in [1.807, 2.05) is 0 Å². The van der Waals surface area contributed by atoms with Crippen molar-refractivity contribution in [3.8, 4) is 0 Å². The SMILES string of the molecule is CCCCCCCCCCCCCCCCCCCCCCCCC(=O)O[C@H](COC(=O)CCCCCCCCCCCCCCCCCCCCC(C)C)COP(=O)(O)OC[C@@H](O)COP(=O)(O)OC[C@@H](COC(=O)CCCCCCCCC(C)CC)OC(=O)CCCCCCCCCCCCCC(C)C. The monoisotopic (exact) mass is 1560 g/mol. The van der Waals surface area contributed by atoms with Gasteiger partial charge in [0.15, 0.2) is 12.2 Å². The first-order chi connectivity index (χ1) is 51.8. The average Bonchev–Trinajstić information content (AvgIpc) is 0.908. The number of phosphoric acid groups is 2. The van der Waals surface area contributed by atoms with E-state index in [-0.39, 0.29) is 25.7 Å². The summed E-state index contributed by atoms with van der Waals surface area (Å²) >= 11 is 0. The Kier molecular flexibility index (Phi) is 76.6. The molecule has 6 atom stereocenters. The second-order valence-electron chi connectivity index (χ2n) is 32.8. The molecule has 0 aromatic heterocycles. The number of phosphoric ester groups is 2. The highest BCUT2D eigenvalue weighted by Crippen LogP contribution is 2.45. The van der Waals surface area contributed by atoms with Gasteiger partial charge in [0.1, 0.15) is 19.3 Å². The minimum absolute atomic E-state index is 0.106. The molecule has 0 saturated heterocycles. The van der Waals surface area contributed by atoms with Gasteiger partial charge >= 0.3 is 39.5 Å². The van der Waals surface area contributed by atoms with Crippen molar-refractivity contribution < 1.29 is 80.2 Å². The highest BCUT2D eigenvalue weighted by Gasteiger charge is 2.31. The van der Waals surface area contributed by atoms with E-state index in [0.717, 1.165) is 114 Å². The number of aliphatic hydroxyl groups is 1. The van der Waals surface area contributed by atoms with Gasteiger partial charge in [0.25, 0.3) is 0 Å². The number of carbonyl (C=O) groups is 4. The van der Waals surface area contributed by atoms with Crippen LogP contribution in [0.4, 0.5) is 0 Å². The van der Waals surface area contributed by atoms with E-state index in [0.29, 0.717) is 25.7 Å². The van der Waals surface area contributed by atoms with E-state index in [1.54, 1.807) is 0 Å². The molecular weight excluding hydrogens is 1390 g/mol. The Morgan fingerprint density at radius 3 is 0.710 bits per heavy atom. The van der Waals surface area contributed by atoms with Crippen LogP contribution in [0.25, 0.3) is 0 Å². The standard InChI is InChI=1S/C88H172O17P2/c1-8-10-11-12-13-14-15-16-17-18-19-20-21-22-27-30-33-38-43-48-57-64-71-87(92)104-83(75-98-85(90)69-62-55-47-42-37-32-29-26-24-23-25-28-31-35-40-45-52-59-66-79(3)4)77-102-106(94,95)100-73-82(89)74-101-107(96,97)103-78-84(76-99-86(91)70-63-56-51-50-54-61-68-81(7)9-2)105-88(93)72-65-58-49-44-39-34-36-41-46-53-60-67-80(5)6/h79-84,89H,8-78H2,1-7H3,(H,94,95)(H,96,97)/t81?,82-,83-,84-/m1/s1. The summed E-state index contributed by atoms with van der Waals surface area (Å²) in [5.41, 5.74) is 0. The molecular formula is C88H172O17P2. The van der Waals surface area contributed by atoms with Crippen molar-refractivity contribution in [3.63, 3.8) is 0 Å². The lowest BCUT2D eigenvalue weighted by Crippen LogP contribution is -2.30. The highest BCUT2D eigenvalue weighted by atomic mass is 31.2. The topological polar surface area (TPSA) is 237 Å². The zero-order valence-electron chi connectivity index (χ0n) is 70.6. The van der Waals surface area contributed by atoms with Crippen LogP contribution >= 0.6 is 15.6 Å². The van der Waals surface area contributed by atoms with Crippen molar-refractivity contribution in [1.29, 1.82) is 0 Å². The van der Waals surface area contributed by atoms with Crippen LogP contribution in [0.15, 0.2) is 0 Å². The predicted molar refractivity (Wildman–Crippen MR) is 441 cm³/mol. The number of unbranched alkanes of at least 4 members (excludes halogenated alkanes) is 53. The molecule has 0 aromatic carbocycles. The maximum atomic E-state index is 13.2. The zero-order chi connectivity index (χ0) is 78.6.